The first-order valence-electron chi connectivity index (χ1n) is 6.49. The molecule has 0 bridgehead atoms. The van der Waals surface area contributed by atoms with Crippen molar-refractivity contribution in [2.24, 2.45) is 5.73 Å². The van der Waals surface area contributed by atoms with Gasteiger partial charge in [-0.3, -0.25) is 0 Å². The molecule has 2 nitrogen and oxygen atoms in total. The highest BCUT2D eigenvalue weighted by Gasteiger charge is 2.21. The summed E-state index contributed by atoms with van der Waals surface area (Å²) in [6.45, 7) is 3.19. The number of benzene rings is 1. The highest BCUT2D eigenvalue weighted by atomic mass is 32.1. The monoisotopic (exact) mass is 266 g/mol. The average molecular weight is 266 g/mol. The van der Waals surface area contributed by atoms with Crippen LogP contribution in [0.3, 0.4) is 0 Å². The van der Waals surface area contributed by atoms with Crippen molar-refractivity contribution in [3.63, 3.8) is 0 Å². The summed E-state index contributed by atoms with van der Waals surface area (Å²) in [4.78, 5) is 2.42. The van der Waals surface area contributed by atoms with Crippen LogP contribution in [-0.2, 0) is 0 Å². The second-order valence-corrected chi connectivity index (χ2v) is 5.22. The highest BCUT2D eigenvalue weighted by molar-refractivity contribution is 7.80. The summed E-state index contributed by atoms with van der Waals surface area (Å²) in [5.41, 5.74) is 6.75. The molecular weight excluding hydrogens is 247 g/mol. The average Bonchev–Trinajstić information content (AvgIpc) is 2.38. The fourth-order valence-electron chi connectivity index (χ4n) is 2.65. The van der Waals surface area contributed by atoms with Crippen LogP contribution >= 0.6 is 12.2 Å². The van der Waals surface area contributed by atoms with E-state index in [9.17, 15) is 4.39 Å². The van der Waals surface area contributed by atoms with Gasteiger partial charge in [0.15, 0.2) is 0 Å². The minimum atomic E-state index is -0.319. The molecule has 1 aromatic carbocycles. The van der Waals surface area contributed by atoms with Gasteiger partial charge in [-0.15, -0.1) is 0 Å². The van der Waals surface area contributed by atoms with Crippen molar-refractivity contribution in [2.75, 3.05) is 11.4 Å². The Kier molecular flexibility index (Phi) is 4.17. The molecule has 0 aliphatic carbocycles. The molecule has 0 radical (unpaired) electrons. The third kappa shape index (κ3) is 2.64. The Bertz CT molecular complexity index is 447. The molecule has 0 spiro atoms. The number of anilines is 1. The van der Waals surface area contributed by atoms with E-state index in [0.717, 1.165) is 18.7 Å². The zero-order valence-corrected chi connectivity index (χ0v) is 11.5. The Hall–Kier alpha value is -1.16. The van der Waals surface area contributed by atoms with Gasteiger partial charge in [-0.25, -0.2) is 4.39 Å². The molecule has 2 N–H and O–H groups in total. The van der Waals surface area contributed by atoms with E-state index >= 15 is 0 Å². The maximum absolute atomic E-state index is 13.9. The number of nitrogens with two attached hydrogens (primary N) is 1. The molecule has 18 heavy (non-hydrogen) atoms. The number of thiocarbonyl (C=S) groups is 1. The molecule has 2 rings (SSSR count). The predicted octanol–water partition coefficient (Wildman–Crippen LogP) is 3.23. The molecule has 1 aliphatic heterocycles. The first kappa shape index (κ1) is 13.3. The number of hydrogen-bond donors (Lipinski definition) is 1. The topological polar surface area (TPSA) is 29.3 Å². The lowest BCUT2D eigenvalue weighted by Gasteiger charge is -2.37. The van der Waals surface area contributed by atoms with Gasteiger partial charge in [0.2, 0.25) is 0 Å². The number of rotatable bonds is 3. The molecule has 1 aromatic rings. The lowest BCUT2D eigenvalue weighted by molar-refractivity contribution is 0.449. The van der Waals surface area contributed by atoms with E-state index in [2.05, 4.69) is 11.8 Å². The van der Waals surface area contributed by atoms with Crippen molar-refractivity contribution in [1.82, 2.24) is 0 Å². The summed E-state index contributed by atoms with van der Waals surface area (Å²) < 4.78 is 13.9. The van der Waals surface area contributed by atoms with E-state index in [1.807, 2.05) is 6.07 Å². The molecule has 4 heteroatoms. The molecule has 98 valence electrons. The Morgan fingerprint density at radius 2 is 2.28 bits per heavy atom. The van der Waals surface area contributed by atoms with Gasteiger partial charge in [-0.2, -0.15) is 0 Å². The SMILES string of the molecule is CCC1CCCCN1c1ccc(C(N)=S)c(F)c1. The smallest absolute Gasteiger partial charge is 0.135 e. The largest absolute Gasteiger partial charge is 0.389 e. The Labute approximate surface area is 113 Å². The summed E-state index contributed by atoms with van der Waals surface area (Å²) in [6.07, 6.45) is 4.73. The molecule has 1 atom stereocenters. The Balaban J connectivity index is 2.27. The van der Waals surface area contributed by atoms with Crippen molar-refractivity contribution in [3.05, 3.63) is 29.6 Å². The van der Waals surface area contributed by atoms with E-state index in [1.165, 1.54) is 19.3 Å². The number of nitrogens with zero attached hydrogens (tertiary/aromatic N) is 1. The standard InChI is InChI=1S/C14H19FN2S/c1-2-10-5-3-4-8-17(10)11-6-7-12(14(16)18)13(15)9-11/h6-7,9-10H,2-5,8H2,1H3,(H2,16,18). The number of halogens is 1. The third-order valence-corrected chi connectivity index (χ3v) is 3.87. The van der Waals surface area contributed by atoms with Gasteiger partial charge in [0.05, 0.1) is 0 Å². The summed E-state index contributed by atoms with van der Waals surface area (Å²) >= 11 is 4.82. The normalized spacial score (nSPS) is 19.9. The summed E-state index contributed by atoms with van der Waals surface area (Å²) in [7, 11) is 0. The lowest BCUT2D eigenvalue weighted by Crippen LogP contribution is -2.39. The molecule has 0 aromatic heterocycles. The third-order valence-electron chi connectivity index (χ3n) is 3.65. The molecule has 1 aliphatic rings. The van der Waals surface area contributed by atoms with Crippen LogP contribution in [-0.4, -0.2) is 17.6 Å². The van der Waals surface area contributed by atoms with Crippen LogP contribution < -0.4 is 10.6 Å². The fraction of sp³-hybridized carbons (Fsp3) is 0.500. The van der Waals surface area contributed by atoms with Crippen LogP contribution in [0.15, 0.2) is 18.2 Å². The molecule has 1 heterocycles. The van der Waals surface area contributed by atoms with Crippen LogP contribution in [0, 0.1) is 5.82 Å². The number of piperidine rings is 1. The fourth-order valence-corrected chi connectivity index (χ4v) is 2.81. The Morgan fingerprint density at radius 1 is 1.50 bits per heavy atom. The second-order valence-electron chi connectivity index (χ2n) is 4.78. The van der Waals surface area contributed by atoms with E-state index in [0.29, 0.717) is 11.6 Å². The molecular formula is C14H19FN2S. The van der Waals surface area contributed by atoms with Crippen molar-refractivity contribution >= 4 is 22.9 Å². The number of hydrogen-bond acceptors (Lipinski definition) is 2. The van der Waals surface area contributed by atoms with Crippen molar-refractivity contribution in [3.8, 4) is 0 Å². The van der Waals surface area contributed by atoms with E-state index in [-0.39, 0.29) is 10.8 Å². The summed E-state index contributed by atoms with van der Waals surface area (Å²) in [5.74, 6) is -0.319. The molecule has 0 saturated carbocycles. The predicted molar refractivity (Wildman–Crippen MR) is 77.6 cm³/mol. The Morgan fingerprint density at radius 3 is 2.89 bits per heavy atom. The summed E-state index contributed by atoms with van der Waals surface area (Å²) in [6, 6.07) is 5.69. The highest BCUT2D eigenvalue weighted by Crippen LogP contribution is 2.27. The van der Waals surface area contributed by atoms with Crippen molar-refractivity contribution in [1.29, 1.82) is 0 Å². The van der Waals surface area contributed by atoms with Crippen LogP contribution in [0.1, 0.15) is 38.2 Å². The minimum absolute atomic E-state index is 0.115. The van der Waals surface area contributed by atoms with Gasteiger partial charge in [0, 0.05) is 23.8 Å². The maximum atomic E-state index is 13.9. The zero-order valence-electron chi connectivity index (χ0n) is 10.7. The zero-order chi connectivity index (χ0) is 13.1. The quantitative estimate of drug-likeness (QED) is 0.852. The first-order valence-corrected chi connectivity index (χ1v) is 6.90. The van der Waals surface area contributed by atoms with Crippen molar-refractivity contribution in [2.45, 2.75) is 38.6 Å². The van der Waals surface area contributed by atoms with Gasteiger partial charge >= 0.3 is 0 Å². The second kappa shape index (κ2) is 5.65. The molecule has 1 saturated heterocycles. The molecule has 1 fully saturated rings. The summed E-state index contributed by atoms with van der Waals surface area (Å²) in [5, 5.41) is 0. The van der Waals surface area contributed by atoms with Crippen molar-refractivity contribution < 1.29 is 4.39 Å². The first-order chi connectivity index (χ1) is 8.63. The molecule has 1 unspecified atom stereocenters. The molecule has 0 amide bonds. The van der Waals surface area contributed by atoms with Gasteiger partial charge in [-0.05, 0) is 43.9 Å². The van der Waals surface area contributed by atoms with E-state index < -0.39 is 0 Å². The van der Waals surface area contributed by atoms with E-state index in [1.54, 1.807) is 12.1 Å². The van der Waals surface area contributed by atoms with Gasteiger partial charge < -0.3 is 10.6 Å². The van der Waals surface area contributed by atoms with Crippen LogP contribution in [0.5, 0.6) is 0 Å². The maximum Gasteiger partial charge on any atom is 0.135 e. The van der Waals surface area contributed by atoms with Gasteiger partial charge in [0.1, 0.15) is 10.8 Å². The van der Waals surface area contributed by atoms with Crippen LogP contribution in [0.2, 0.25) is 0 Å². The van der Waals surface area contributed by atoms with Crippen LogP contribution in [0.25, 0.3) is 0 Å². The van der Waals surface area contributed by atoms with Crippen LogP contribution in [0.4, 0.5) is 10.1 Å². The minimum Gasteiger partial charge on any atom is -0.389 e. The van der Waals surface area contributed by atoms with Gasteiger partial charge in [-0.1, -0.05) is 19.1 Å². The lowest BCUT2D eigenvalue weighted by atomic mass is 9.99. The van der Waals surface area contributed by atoms with Gasteiger partial charge in [0.25, 0.3) is 0 Å². The van der Waals surface area contributed by atoms with E-state index in [4.69, 9.17) is 18.0 Å².